The number of hydrogen-bond acceptors (Lipinski definition) is 0. The van der Waals surface area contributed by atoms with Crippen LogP contribution in [0.2, 0.25) is 0 Å². The van der Waals surface area contributed by atoms with E-state index in [1.807, 2.05) is 222 Å². The fraction of sp³-hybridized carbons (Fsp3) is 0.333. The van der Waals surface area contributed by atoms with Gasteiger partial charge < -0.3 is 0 Å². The molecule has 0 aromatic heterocycles. The molecule has 0 aliphatic heterocycles. The largest absolute Gasteiger partial charge is 0.0683 e. The van der Waals surface area contributed by atoms with E-state index in [0.29, 0.717) is 0 Å². The van der Waals surface area contributed by atoms with Crippen molar-refractivity contribution >= 4 is 129 Å². The van der Waals surface area contributed by atoms with Gasteiger partial charge in [-0.25, -0.2) is 0 Å². The Bertz CT molecular complexity index is 4870. The highest BCUT2D eigenvalue weighted by atomic mass is 14.1. The third-order valence-corrected chi connectivity index (χ3v) is 17.3. The molecular weight excluding hydrogens is 1730 g/mol. The molecule has 0 bridgehead atoms. The Labute approximate surface area is 888 Å². The molecule has 20 rings (SSSR count). The summed E-state index contributed by atoms with van der Waals surface area (Å²) in [6.07, 6.45) is 0. The monoisotopic (exact) mass is 1940 g/mol. The van der Waals surface area contributed by atoms with Gasteiger partial charge in [0.15, 0.2) is 0 Å². The van der Waals surface area contributed by atoms with E-state index in [-0.39, 0.29) is 0 Å². The first kappa shape index (κ1) is 147. The van der Waals surface area contributed by atoms with Gasteiger partial charge in [0, 0.05) is 0 Å². The van der Waals surface area contributed by atoms with Crippen molar-refractivity contribution in [3.8, 4) is 0 Å². The van der Waals surface area contributed by atoms with Crippen LogP contribution in [0.3, 0.4) is 0 Å². The molecule has 784 valence electrons. The SMILES string of the molecule is CC.CC.CC.CC.CC.CC.CC.CC.CC.CC.CC.CC.CC.CC.CC.CC.CC(C)C.CC(C)C.CC(C)C.CC(C)C.c1ccc2c(c1)ccc1ccccc12.c1ccc2c(c1)ccc1ccccc12.c1ccc2c(c1)ccc1ccccc12.c1ccc2c(c1)ccc1ccccc12.c1ccc2ccccc2c1.c1ccc2ccccc2c1.c1ccc2ccccc2c1.c1ccc2ccccc2c1. The van der Waals surface area contributed by atoms with Gasteiger partial charge in [-0.05, 0) is 153 Å². The van der Waals surface area contributed by atoms with Crippen LogP contribution < -0.4 is 0 Å². The number of benzene rings is 20. The fourth-order valence-corrected chi connectivity index (χ4v) is 12.4. The molecule has 0 aliphatic rings. The van der Waals surface area contributed by atoms with Crippen LogP contribution in [0.1, 0.15) is 305 Å². The summed E-state index contributed by atoms with van der Waals surface area (Å²) in [6.45, 7) is 90.0. The van der Waals surface area contributed by atoms with E-state index in [2.05, 4.69) is 520 Å². The second-order valence-electron chi connectivity index (χ2n) is 30.3. The Balaban J connectivity index is -0.000000231. The molecule has 0 unspecified atom stereocenters. The molecule has 0 heterocycles. The molecule has 20 aromatic rings. The van der Waals surface area contributed by atoms with Gasteiger partial charge in [-0.15, -0.1) is 0 Å². The van der Waals surface area contributed by atoms with Gasteiger partial charge in [-0.1, -0.05) is 741 Å². The van der Waals surface area contributed by atoms with Gasteiger partial charge in [0.25, 0.3) is 0 Å². The van der Waals surface area contributed by atoms with E-state index in [9.17, 15) is 0 Å². The first-order valence-corrected chi connectivity index (χ1v) is 55.8. The van der Waals surface area contributed by atoms with Gasteiger partial charge >= 0.3 is 0 Å². The first-order valence-electron chi connectivity index (χ1n) is 55.8. The maximum Gasteiger partial charge on any atom is -0.0105 e. The molecule has 0 radical (unpaired) electrons. The van der Waals surface area contributed by atoms with Crippen LogP contribution in [0.15, 0.2) is 437 Å². The zero-order valence-electron chi connectivity index (χ0n) is 99.9. The number of hydrogen-bond donors (Lipinski definition) is 0. The molecule has 0 fully saturated rings. The molecule has 20 aromatic carbocycles. The lowest BCUT2D eigenvalue weighted by atomic mass is 10.0. The standard InChI is InChI=1S/4C14H10.4C10H8.4C4H10.16C2H6/c4*1-3-7-13-11(5-1)9-10-12-6-2-4-8-14(12)13;4*1-2-6-10-8-4-3-7-9(10)5-1;4*1-4(2)3;16*1-2/h4*1-10H;4*1-8H;4*4H,1-3H3;16*1-2H3. The lowest BCUT2D eigenvalue weighted by Crippen LogP contribution is -1.75. The molecule has 0 saturated heterocycles. The van der Waals surface area contributed by atoms with Crippen molar-refractivity contribution in [2.75, 3.05) is 0 Å². The molecule has 0 atom stereocenters. The minimum Gasteiger partial charge on any atom is -0.0683 e. The van der Waals surface area contributed by atoms with Crippen molar-refractivity contribution in [3.63, 3.8) is 0 Å². The average Bonchev–Trinajstić information content (AvgIpc) is 0.808. The van der Waals surface area contributed by atoms with Crippen LogP contribution in [0, 0.1) is 23.7 Å². The third kappa shape index (κ3) is 63.5. The van der Waals surface area contributed by atoms with Gasteiger partial charge in [0.2, 0.25) is 0 Å². The summed E-state index contributed by atoms with van der Waals surface area (Å²) in [5, 5.41) is 31.7. The van der Waals surface area contributed by atoms with Crippen LogP contribution in [-0.2, 0) is 0 Å². The van der Waals surface area contributed by atoms with Crippen LogP contribution >= 0.6 is 0 Å². The van der Waals surface area contributed by atoms with E-state index in [1.54, 1.807) is 0 Å². The summed E-state index contributed by atoms with van der Waals surface area (Å²) in [5.74, 6) is 3.33. The molecule has 144 heavy (non-hydrogen) atoms. The highest BCUT2D eigenvalue weighted by molar-refractivity contribution is 6.10. The van der Waals surface area contributed by atoms with Gasteiger partial charge in [0.1, 0.15) is 0 Å². The predicted molar refractivity (Wildman–Crippen MR) is 685 cm³/mol. The van der Waals surface area contributed by atoms with Crippen molar-refractivity contribution in [2.24, 2.45) is 23.7 Å². The maximum absolute atomic E-state index is 2.18. The van der Waals surface area contributed by atoms with E-state index >= 15 is 0 Å². The maximum atomic E-state index is 2.18. The molecule has 0 spiro atoms. The highest BCUT2D eigenvalue weighted by Gasteiger charge is 2.02. The molecule has 0 amide bonds. The molecule has 0 heteroatoms. The summed E-state index contributed by atoms with van der Waals surface area (Å²) >= 11 is 0. The average molecular weight is 1940 g/mol. The topological polar surface area (TPSA) is 0 Å². The lowest BCUT2D eigenvalue weighted by Gasteiger charge is -2.02. The summed E-state index contributed by atoms with van der Waals surface area (Å²) < 4.78 is 0. The zero-order chi connectivity index (χ0) is 111. The van der Waals surface area contributed by atoms with Crippen molar-refractivity contribution in [3.05, 3.63) is 437 Å². The minimum atomic E-state index is 0.833. The van der Waals surface area contributed by atoms with E-state index in [4.69, 9.17) is 0 Å². The van der Waals surface area contributed by atoms with Crippen LogP contribution in [0.25, 0.3) is 129 Å². The minimum absolute atomic E-state index is 0.833. The Morgan fingerprint density at radius 1 is 0.0764 bits per heavy atom. The number of rotatable bonds is 0. The van der Waals surface area contributed by atoms with Crippen molar-refractivity contribution in [1.29, 1.82) is 0 Å². The Morgan fingerprint density at radius 3 is 0.188 bits per heavy atom. The number of fused-ring (bicyclic) bond motifs is 16. The molecule has 0 nitrogen and oxygen atoms in total. The normalized spacial score (nSPS) is 8.67. The second-order valence-corrected chi connectivity index (χ2v) is 30.3. The predicted octanol–water partition coefficient (Wildman–Crippen LogP) is 50.4. The van der Waals surface area contributed by atoms with E-state index in [0.717, 1.165) is 23.7 Å². The van der Waals surface area contributed by atoms with Gasteiger partial charge in [-0.3, -0.25) is 0 Å². The molecule has 0 saturated carbocycles. The van der Waals surface area contributed by atoms with Crippen molar-refractivity contribution in [1.82, 2.24) is 0 Å². The Morgan fingerprint density at radius 2 is 0.125 bits per heavy atom. The Kier molecular flexibility index (Phi) is 108. The smallest absolute Gasteiger partial charge is 0.0105 e. The molecular formula is C144H208. The summed E-state index contributed by atoms with van der Waals surface area (Å²) in [5.41, 5.74) is 0. The third-order valence-electron chi connectivity index (χ3n) is 17.3. The van der Waals surface area contributed by atoms with Crippen molar-refractivity contribution < 1.29 is 0 Å². The zero-order valence-corrected chi connectivity index (χ0v) is 99.9. The Hall–Kier alpha value is -12.5. The molecule has 0 aliphatic carbocycles. The van der Waals surface area contributed by atoms with Crippen LogP contribution in [0.5, 0.6) is 0 Å². The lowest BCUT2D eigenvalue weighted by molar-refractivity contribution is 0.736. The summed E-state index contributed by atoms with van der Waals surface area (Å²) in [6, 6.07) is 152. The van der Waals surface area contributed by atoms with E-state index < -0.39 is 0 Å². The first-order chi connectivity index (χ1) is 70.6. The highest BCUT2D eigenvalue weighted by Crippen LogP contribution is 2.29. The molecule has 0 N–H and O–H groups in total. The van der Waals surface area contributed by atoms with Gasteiger partial charge in [0.05, 0.1) is 0 Å². The van der Waals surface area contributed by atoms with Crippen molar-refractivity contribution in [2.45, 2.75) is 305 Å². The quantitative estimate of drug-likeness (QED) is 0.133. The van der Waals surface area contributed by atoms with Gasteiger partial charge in [-0.2, -0.15) is 0 Å². The van der Waals surface area contributed by atoms with Crippen LogP contribution in [0.4, 0.5) is 0 Å². The summed E-state index contributed by atoms with van der Waals surface area (Å²) in [7, 11) is 0. The fourth-order valence-electron chi connectivity index (χ4n) is 12.4. The van der Waals surface area contributed by atoms with Crippen LogP contribution in [-0.4, -0.2) is 0 Å². The van der Waals surface area contributed by atoms with E-state index in [1.165, 1.54) is 129 Å². The summed E-state index contributed by atoms with van der Waals surface area (Å²) in [4.78, 5) is 0. The second kappa shape index (κ2) is 106.